The minimum absolute atomic E-state index is 0.732. The van der Waals surface area contributed by atoms with Gasteiger partial charge in [0.25, 0.3) is 0 Å². The second-order valence-electron chi connectivity index (χ2n) is 6.83. The van der Waals surface area contributed by atoms with Crippen LogP contribution in [0, 0.1) is 19.8 Å². The molecule has 1 aromatic carbocycles. The lowest BCUT2D eigenvalue weighted by molar-refractivity contribution is 0.398. The van der Waals surface area contributed by atoms with Crippen LogP contribution < -0.4 is 0 Å². The van der Waals surface area contributed by atoms with E-state index in [9.17, 15) is 0 Å². The molecule has 0 heterocycles. The Hall–Kier alpha value is -1.56. The molecule has 0 heteroatoms. The maximum absolute atomic E-state index is 4.38. The smallest absolute Gasteiger partial charge is 0.00585 e. The average Bonchev–Trinajstić information content (AvgIpc) is 2.55. The number of benzene rings is 1. The Morgan fingerprint density at radius 1 is 1.14 bits per heavy atom. The topological polar surface area (TPSA) is 0 Å². The van der Waals surface area contributed by atoms with Crippen molar-refractivity contribution in [1.29, 1.82) is 0 Å². The van der Waals surface area contributed by atoms with Gasteiger partial charge in [-0.15, -0.1) is 0 Å². The molecule has 0 spiro atoms. The van der Waals surface area contributed by atoms with Crippen LogP contribution in [0.4, 0.5) is 0 Å². The molecule has 1 aliphatic rings. The molecule has 0 saturated heterocycles. The van der Waals surface area contributed by atoms with Crippen molar-refractivity contribution in [2.75, 3.05) is 0 Å². The maximum atomic E-state index is 4.38. The predicted molar refractivity (Wildman–Crippen MR) is 99.0 cm³/mol. The van der Waals surface area contributed by atoms with Gasteiger partial charge in [0.15, 0.2) is 0 Å². The minimum Gasteiger partial charge on any atom is -0.0988 e. The molecule has 0 aliphatic heterocycles. The molecule has 0 radical (unpaired) electrons. The van der Waals surface area contributed by atoms with E-state index in [0.717, 1.165) is 12.3 Å². The molecule has 0 unspecified atom stereocenters. The monoisotopic (exact) mass is 294 g/mol. The molecule has 0 N–H and O–H groups in total. The van der Waals surface area contributed by atoms with Crippen LogP contribution in [0.2, 0.25) is 0 Å². The maximum Gasteiger partial charge on any atom is -0.00585 e. The summed E-state index contributed by atoms with van der Waals surface area (Å²) in [6.45, 7) is 14.9. The Labute approximate surface area is 136 Å². The molecule has 22 heavy (non-hydrogen) atoms. The van der Waals surface area contributed by atoms with Crippen molar-refractivity contribution in [2.45, 2.75) is 59.3 Å². The molecule has 0 nitrogen and oxygen atoms in total. The summed E-state index contributed by atoms with van der Waals surface area (Å²) in [7, 11) is 0. The second-order valence-corrected chi connectivity index (χ2v) is 6.83. The zero-order valence-corrected chi connectivity index (χ0v) is 14.5. The van der Waals surface area contributed by atoms with Gasteiger partial charge in [-0.05, 0) is 68.2 Å². The minimum atomic E-state index is 0.732. The molecule has 1 aromatic rings. The Bertz CT molecular complexity index is 580. The number of hydrogen-bond acceptors (Lipinski definition) is 0. The van der Waals surface area contributed by atoms with E-state index in [1.54, 1.807) is 5.57 Å². The van der Waals surface area contributed by atoms with Crippen LogP contribution in [0.15, 0.2) is 48.6 Å². The van der Waals surface area contributed by atoms with E-state index in [-0.39, 0.29) is 0 Å². The van der Waals surface area contributed by atoms with Crippen molar-refractivity contribution < 1.29 is 0 Å². The van der Waals surface area contributed by atoms with Crippen molar-refractivity contribution >= 4 is 5.57 Å². The molecule has 0 bridgehead atoms. The van der Waals surface area contributed by atoms with Gasteiger partial charge < -0.3 is 0 Å². The van der Waals surface area contributed by atoms with Crippen molar-refractivity contribution in [3.05, 3.63) is 65.3 Å². The fraction of sp³-hybridized carbons (Fsp3) is 0.455. The van der Waals surface area contributed by atoms with Crippen LogP contribution in [0.1, 0.15) is 62.1 Å². The van der Waals surface area contributed by atoms with E-state index in [1.807, 2.05) is 6.08 Å². The summed E-state index contributed by atoms with van der Waals surface area (Å²) in [6.07, 6.45) is 9.82. The van der Waals surface area contributed by atoms with E-state index >= 15 is 0 Å². The first-order valence-corrected chi connectivity index (χ1v) is 8.60. The fourth-order valence-electron chi connectivity index (χ4n) is 3.48. The highest BCUT2D eigenvalue weighted by molar-refractivity contribution is 5.67. The highest BCUT2D eigenvalue weighted by Crippen LogP contribution is 2.36. The van der Waals surface area contributed by atoms with Crippen LogP contribution in [0.5, 0.6) is 0 Å². The number of rotatable bonds is 5. The summed E-state index contributed by atoms with van der Waals surface area (Å²) in [5, 5.41) is 0. The predicted octanol–water partition coefficient (Wildman–Crippen LogP) is 6.79. The second kappa shape index (κ2) is 7.63. The average molecular weight is 294 g/mol. The quantitative estimate of drug-likeness (QED) is 0.524. The Balaban J connectivity index is 2.21. The van der Waals surface area contributed by atoms with Gasteiger partial charge in [-0.2, -0.15) is 0 Å². The van der Waals surface area contributed by atoms with Gasteiger partial charge in [-0.3, -0.25) is 0 Å². The first-order chi connectivity index (χ1) is 10.5. The third-order valence-electron chi connectivity index (χ3n) is 5.23. The van der Waals surface area contributed by atoms with Gasteiger partial charge in [0.1, 0.15) is 0 Å². The molecule has 0 amide bonds. The van der Waals surface area contributed by atoms with Crippen LogP contribution in [0.25, 0.3) is 5.57 Å². The molecule has 0 atom stereocenters. The summed E-state index contributed by atoms with van der Waals surface area (Å²) in [4.78, 5) is 0. The number of allylic oxidation sites excluding steroid dienone is 4. The van der Waals surface area contributed by atoms with E-state index < -0.39 is 0 Å². The fourth-order valence-corrected chi connectivity index (χ4v) is 3.48. The largest absolute Gasteiger partial charge is 0.0988 e. The standard InChI is InChI=1S/C22H30/c1-6-16(2)22(20-10-8-7-9-11-20)15-19(5)21-13-12-17(3)18(4)14-21/h6,12-14,20H,1,5,7-11,15H2,2-4H3/b22-16-. The molecular weight excluding hydrogens is 264 g/mol. The molecule has 2 rings (SSSR count). The van der Waals surface area contributed by atoms with Crippen molar-refractivity contribution in [3.63, 3.8) is 0 Å². The molecule has 0 aromatic heterocycles. The van der Waals surface area contributed by atoms with Gasteiger partial charge in [-0.25, -0.2) is 0 Å². The third kappa shape index (κ3) is 4.00. The molecule has 1 aliphatic carbocycles. The Morgan fingerprint density at radius 2 is 1.82 bits per heavy atom. The molecule has 1 saturated carbocycles. The summed E-state index contributed by atoms with van der Waals surface area (Å²) < 4.78 is 0. The first-order valence-electron chi connectivity index (χ1n) is 8.60. The summed E-state index contributed by atoms with van der Waals surface area (Å²) in [6, 6.07) is 6.70. The van der Waals surface area contributed by atoms with E-state index in [4.69, 9.17) is 0 Å². The number of hydrogen-bond donors (Lipinski definition) is 0. The molecular formula is C22H30. The summed E-state index contributed by atoms with van der Waals surface area (Å²) in [5.74, 6) is 0.732. The van der Waals surface area contributed by atoms with E-state index in [0.29, 0.717) is 0 Å². The Morgan fingerprint density at radius 3 is 2.41 bits per heavy atom. The van der Waals surface area contributed by atoms with Crippen molar-refractivity contribution in [1.82, 2.24) is 0 Å². The van der Waals surface area contributed by atoms with Crippen LogP contribution in [-0.2, 0) is 0 Å². The highest BCUT2D eigenvalue weighted by atomic mass is 14.2. The SMILES string of the molecule is C=C/C(C)=C(/CC(=C)c1ccc(C)c(C)c1)C1CCCCC1. The summed E-state index contributed by atoms with van der Waals surface area (Å²) in [5.41, 5.74) is 8.15. The van der Waals surface area contributed by atoms with E-state index in [1.165, 1.54) is 59.9 Å². The zero-order valence-electron chi connectivity index (χ0n) is 14.5. The lowest BCUT2D eigenvalue weighted by Gasteiger charge is -2.27. The van der Waals surface area contributed by atoms with Gasteiger partial charge >= 0.3 is 0 Å². The molecule has 1 fully saturated rings. The van der Waals surface area contributed by atoms with Crippen LogP contribution >= 0.6 is 0 Å². The highest BCUT2D eigenvalue weighted by Gasteiger charge is 2.20. The van der Waals surface area contributed by atoms with Gasteiger partial charge in [-0.1, -0.05) is 67.8 Å². The van der Waals surface area contributed by atoms with Crippen molar-refractivity contribution in [2.24, 2.45) is 5.92 Å². The normalized spacial score (nSPS) is 17.0. The van der Waals surface area contributed by atoms with Gasteiger partial charge in [0.05, 0.1) is 0 Å². The van der Waals surface area contributed by atoms with E-state index in [2.05, 4.69) is 52.1 Å². The van der Waals surface area contributed by atoms with Crippen LogP contribution in [-0.4, -0.2) is 0 Å². The number of aryl methyl sites for hydroxylation is 2. The van der Waals surface area contributed by atoms with Crippen molar-refractivity contribution in [3.8, 4) is 0 Å². The zero-order chi connectivity index (χ0) is 16.1. The lowest BCUT2D eigenvalue weighted by atomic mass is 9.79. The summed E-state index contributed by atoms with van der Waals surface area (Å²) >= 11 is 0. The van der Waals surface area contributed by atoms with Gasteiger partial charge in [0, 0.05) is 0 Å². The first kappa shape index (κ1) is 16.8. The van der Waals surface area contributed by atoms with Crippen LogP contribution in [0.3, 0.4) is 0 Å². The third-order valence-corrected chi connectivity index (χ3v) is 5.23. The molecule has 118 valence electrons. The Kier molecular flexibility index (Phi) is 5.83. The van der Waals surface area contributed by atoms with Gasteiger partial charge in [0.2, 0.25) is 0 Å². The lowest BCUT2D eigenvalue weighted by Crippen LogP contribution is -2.11.